The Morgan fingerprint density at radius 3 is 2.60 bits per heavy atom. The Balaban J connectivity index is 2.75. The third-order valence-electron chi connectivity index (χ3n) is 2.51. The van der Waals surface area contributed by atoms with Crippen molar-refractivity contribution in [2.24, 2.45) is 0 Å². The first kappa shape index (κ1) is 16.8. The summed E-state index contributed by atoms with van der Waals surface area (Å²) in [6, 6.07) is 5.64. The molecule has 0 aromatic heterocycles. The zero-order valence-electron chi connectivity index (χ0n) is 12.5. The van der Waals surface area contributed by atoms with E-state index in [-0.39, 0.29) is 0 Å². The Labute approximate surface area is 129 Å². The highest BCUT2D eigenvalue weighted by molar-refractivity contribution is 9.09. The molecule has 20 heavy (non-hydrogen) atoms. The highest BCUT2D eigenvalue weighted by Crippen LogP contribution is 2.25. The number of amides is 1. The second-order valence-corrected chi connectivity index (χ2v) is 6.24. The SMILES string of the molecule is COc1cc(NC(=O)OC(C)(C)C)ccc1CCCBr. The summed E-state index contributed by atoms with van der Waals surface area (Å²) in [4.78, 5) is 11.7. The van der Waals surface area contributed by atoms with Crippen LogP contribution in [0.5, 0.6) is 5.75 Å². The Bertz CT molecular complexity index is 455. The maximum absolute atomic E-state index is 11.7. The summed E-state index contributed by atoms with van der Waals surface area (Å²) in [5, 5.41) is 3.66. The molecule has 1 aromatic rings. The van der Waals surface area contributed by atoms with Gasteiger partial charge in [-0.05, 0) is 45.2 Å². The third kappa shape index (κ3) is 5.82. The number of anilines is 1. The summed E-state index contributed by atoms with van der Waals surface area (Å²) in [5.74, 6) is 0.777. The third-order valence-corrected chi connectivity index (χ3v) is 3.07. The molecule has 0 heterocycles. The van der Waals surface area contributed by atoms with Crippen molar-refractivity contribution in [2.45, 2.75) is 39.2 Å². The summed E-state index contributed by atoms with van der Waals surface area (Å²) in [5.41, 5.74) is 1.28. The van der Waals surface area contributed by atoms with Crippen LogP contribution in [-0.4, -0.2) is 24.1 Å². The smallest absolute Gasteiger partial charge is 0.412 e. The highest BCUT2D eigenvalue weighted by atomic mass is 79.9. The second kappa shape index (κ2) is 7.53. The van der Waals surface area contributed by atoms with Gasteiger partial charge >= 0.3 is 6.09 Å². The molecule has 1 aromatic carbocycles. The van der Waals surface area contributed by atoms with Crippen molar-refractivity contribution in [3.05, 3.63) is 23.8 Å². The molecule has 112 valence electrons. The van der Waals surface area contributed by atoms with Gasteiger partial charge in [-0.3, -0.25) is 5.32 Å². The molecule has 0 saturated carbocycles. The first-order valence-corrected chi connectivity index (χ1v) is 7.71. The van der Waals surface area contributed by atoms with E-state index in [1.807, 2.05) is 39.0 Å². The minimum absolute atomic E-state index is 0.465. The summed E-state index contributed by atoms with van der Waals surface area (Å²) in [7, 11) is 1.63. The molecule has 0 aliphatic carbocycles. The van der Waals surface area contributed by atoms with Crippen LogP contribution in [0.2, 0.25) is 0 Å². The van der Waals surface area contributed by atoms with Gasteiger partial charge in [0.15, 0.2) is 0 Å². The predicted octanol–water partition coefficient (Wildman–Crippen LogP) is 4.37. The van der Waals surface area contributed by atoms with Crippen molar-refractivity contribution in [2.75, 3.05) is 17.8 Å². The lowest BCUT2D eigenvalue weighted by Gasteiger charge is -2.20. The fourth-order valence-electron chi connectivity index (χ4n) is 1.71. The van der Waals surface area contributed by atoms with E-state index in [1.165, 1.54) is 0 Å². The lowest BCUT2D eigenvalue weighted by molar-refractivity contribution is 0.0636. The van der Waals surface area contributed by atoms with Gasteiger partial charge in [0.2, 0.25) is 0 Å². The van der Waals surface area contributed by atoms with E-state index in [2.05, 4.69) is 21.2 Å². The van der Waals surface area contributed by atoms with Crippen LogP contribution < -0.4 is 10.1 Å². The van der Waals surface area contributed by atoms with Crippen molar-refractivity contribution in [3.8, 4) is 5.75 Å². The molecule has 0 unspecified atom stereocenters. The number of carbonyl (C=O) groups excluding carboxylic acids is 1. The van der Waals surface area contributed by atoms with Gasteiger partial charge < -0.3 is 9.47 Å². The number of aryl methyl sites for hydroxylation is 1. The molecule has 5 heteroatoms. The van der Waals surface area contributed by atoms with E-state index in [4.69, 9.17) is 9.47 Å². The van der Waals surface area contributed by atoms with E-state index in [1.54, 1.807) is 7.11 Å². The van der Waals surface area contributed by atoms with Crippen LogP contribution in [0.15, 0.2) is 18.2 Å². The normalized spacial score (nSPS) is 11.1. The van der Waals surface area contributed by atoms with Gasteiger partial charge in [-0.25, -0.2) is 4.79 Å². The van der Waals surface area contributed by atoms with E-state index >= 15 is 0 Å². The number of hydrogen-bond acceptors (Lipinski definition) is 3. The Morgan fingerprint density at radius 1 is 1.35 bits per heavy atom. The van der Waals surface area contributed by atoms with Crippen LogP contribution >= 0.6 is 15.9 Å². The molecule has 4 nitrogen and oxygen atoms in total. The van der Waals surface area contributed by atoms with Crippen LogP contribution in [0.25, 0.3) is 0 Å². The van der Waals surface area contributed by atoms with Crippen molar-refractivity contribution in [1.29, 1.82) is 0 Å². The molecule has 0 radical (unpaired) electrons. The molecule has 0 aliphatic rings. The number of alkyl halides is 1. The maximum Gasteiger partial charge on any atom is 0.412 e. The van der Waals surface area contributed by atoms with Crippen molar-refractivity contribution in [3.63, 3.8) is 0 Å². The minimum atomic E-state index is -0.510. The number of carbonyl (C=O) groups is 1. The summed E-state index contributed by atoms with van der Waals surface area (Å²) in [6.45, 7) is 5.49. The van der Waals surface area contributed by atoms with E-state index in [0.717, 1.165) is 29.5 Å². The lowest BCUT2D eigenvalue weighted by Crippen LogP contribution is -2.27. The van der Waals surface area contributed by atoms with E-state index in [0.29, 0.717) is 5.69 Å². The number of nitrogens with one attached hydrogen (secondary N) is 1. The average molecular weight is 344 g/mol. The van der Waals surface area contributed by atoms with Gasteiger partial charge in [0, 0.05) is 17.1 Å². The quantitative estimate of drug-likeness (QED) is 0.807. The molecule has 1 rings (SSSR count). The maximum atomic E-state index is 11.7. The topological polar surface area (TPSA) is 47.6 Å². The zero-order valence-corrected chi connectivity index (χ0v) is 14.0. The molecule has 1 amide bonds. The fraction of sp³-hybridized carbons (Fsp3) is 0.533. The van der Waals surface area contributed by atoms with Gasteiger partial charge in [-0.15, -0.1) is 0 Å². The molecular weight excluding hydrogens is 322 g/mol. The number of halogens is 1. The highest BCUT2D eigenvalue weighted by Gasteiger charge is 2.16. The number of benzene rings is 1. The number of rotatable bonds is 5. The monoisotopic (exact) mass is 343 g/mol. The van der Waals surface area contributed by atoms with Gasteiger partial charge in [0.05, 0.1) is 7.11 Å². The van der Waals surface area contributed by atoms with Crippen LogP contribution in [0.4, 0.5) is 10.5 Å². The lowest BCUT2D eigenvalue weighted by atomic mass is 10.1. The first-order valence-electron chi connectivity index (χ1n) is 6.58. The van der Waals surface area contributed by atoms with Crippen LogP contribution in [0.1, 0.15) is 32.8 Å². The molecule has 1 N–H and O–H groups in total. The summed E-state index contributed by atoms with van der Waals surface area (Å²) >= 11 is 3.41. The minimum Gasteiger partial charge on any atom is -0.496 e. The molecule has 0 aliphatic heterocycles. The van der Waals surface area contributed by atoms with Crippen LogP contribution in [0, 0.1) is 0 Å². The Morgan fingerprint density at radius 2 is 2.05 bits per heavy atom. The number of methoxy groups -OCH3 is 1. The molecular formula is C15H22BrNO3. The fourth-order valence-corrected chi connectivity index (χ4v) is 1.99. The Kier molecular flexibility index (Phi) is 6.33. The van der Waals surface area contributed by atoms with Crippen molar-refractivity contribution >= 4 is 27.7 Å². The standard InChI is InChI=1S/C15H22BrNO3/c1-15(2,3)20-14(18)17-12-8-7-11(6-5-9-16)13(10-12)19-4/h7-8,10H,5-6,9H2,1-4H3,(H,17,18). The van der Waals surface area contributed by atoms with Crippen molar-refractivity contribution in [1.82, 2.24) is 0 Å². The predicted molar refractivity (Wildman–Crippen MR) is 85.0 cm³/mol. The molecule has 0 saturated heterocycles. The number of hydrogen-bond donors (Lipinski definition) is 1. The van der Waals surface area contributed by atoms with Gasteiger partial charge in [-0.1, -0.05) is 22.0 Å². The molecule has 0 spiro atoms. The van der Waals surface area contributed by atoms with Crippen molar-refractivity contribution < 1.29 is 14.3 Å². The summed E-state index contributed by atoms with van der Waals surface area (Å²) in [6.07, 6.45) is 1.50. The molecule has 0 bridgehead atoms. The number of ether oxygens (including phenoxy) is 2. The van der Waals surface area contributed by atoms with Crippen LogP contribution in [0.3, 0.4) is 0 Å². The van der Waals surface area contributed by atoms with Crippen LogP contribution in [-0.2, 0) is 11.2 Å². The van der Waals surface area contributed by atoms with Gasteiger partial charge in [0.25, 0.3) is 0 Å². The van der Waals surface area contributed by atoms with Gasteiger partial charge in [0.1, 0.15) is 11.4 Å². The average Bonchev–Trinajstić information content (AvgIpc) is 2.34. The van der Waals surface area contributed by atoms with Gasteiger partial charge in [-0.2, -0.15) is 0 Å². The Hall–Kier alpha value is -1.23. The molecule has 0 fully saturated rings. The second-order valence-electron chi connectivity index (χ2n) is 5.45. The largest absolute Gasteiger partial charge is 0.496 e. The molecule has 0 atom stereocenters. The van der Waals surface area contributed by atoms with E-state index in [9.17, 15) is 4.79 Å². The zero-order chi connectivity index (χ0) is 15.2. The summed E-state index contributed by atoms with van der Waals surface area (Å²) < 4.78 is 10.6. The van der Waals surface area contributed by atoms with E-state index < -0.39 is 11.7 Å². The first-order chi connectivity index (χ1) is 9.35.